The first-order chi connectivity index (χ1) is 15.5. The first-order valence-electron chi connectivity index (χ1n) is 11.5. The highest BCUT2D eigenvalue weighted by Gasteiger charge is 2.48. The summed E-state index contributed by atoms with van der Waals surface area (Å²) in [5.74, 6) is 0.663. The van der Waals surface area contributed by atoms with Crippen molar-refractivity contribution in [1.29, 1.82) is 0 Å². The van der Waals surface area contributed by atoms with Crippen LogP contribution >= 0.6 is 0 Å². The zero-order valence-electron chi connectivity index (χ0n) is 20.4. The molecule has 0 aliphatic heterocycles. The summed E-state index contributed by atoms with van der Waals surface area (Å²) in [6.45, 7) is 13.9. The van der Waals surface area contributed by atoms with Gasteiger partial charge in [-0.15, -0.1) is 0 Å². The average molecular weight is 440 g/mol. The number of esters is 1. The lowest BCUT2D eigenvalue weighted by molar-refractivity contribution is 0.0735. The Morgan fingerprint density at radius 1 is 0.848 bits per heavy atom. The molecule has 3 aromatic rings. The van der Waals surface area contributed by atoms with Gasteiger partial charge in [-0.1, -0.05) is 71.0 Å². The van der Waals surface area contributed by atoms with Gasteiger partial charge < -0.3 is 10.5 Å². The number of anilines is 1. The van der Waals surface area contributed by atoms with Crippen LogP contribution in [-0.2, 0) is 10.8 Å². The van der Waals surface area contributed by atoms with Gasteiger partial charge in [-0.3, -0.25) is 0 Å². The second-order valence-electron chi connectivity index (χ2n) is 10.3. The predicted molar refractivity (Wildman–Crippen MR) is 137 cm³/mol. The molecule has 1 aliphatic rings. The number of ether oxygens (including phenoxy) is 1. The van der Waals surface area contributed by atoms with E-state index in [1.165, 1.54) is 22.3 Å². The number of carbonyl (C=O) groups is 1. The van der Waals surface area contributed by atoms with E-state index in [1.807, 2.05) is 12.1 Å². The van der Waals surface area contributed by atoms with Crippen molar-refractivity contribution >= 4 is 23.3 Å². The first-order valence-corrected chi connectivity index (χ1v) is 11.5. The zero-order chi connectivity index (χ0) is 24.0. The highest BCUT2D eigenvalue weighted by atomic mass is 16.5. The minimum absolute atomic E-state index is 0.140. The van der Waals surface area contributed by atoms with Crippen LogP contribution in [0.25, 0.3) is 11.6 Å². The molecule has 4 rings (SSSR count). The van der Waals surface area contributed by atoms with Crippen molar-refractivity contribution in [3.63, 3.8) is 0 Å². The van der Waals surface area contributed by atoms with E-state index in [9.17, 15) is 4.79 Å². The third kappa shape index (κ3) is 4.20. The monoisotopic (exact) mass is 439 g/mol. The Hall–Kier alpha value is -3.33. The van der Waals surface area contributed by atoms with Gasteiger partial charge in [0.2, 0.25) is 0 Å². The van der Waals surface area contributed by atoms with E-state index in [1.54, 1.807) is 36.4 Å². The van der Waals surface area contributed by atoms with Gasteiger partial charge in [-0.2, -0.15) is 0 Å². The molecule has 3 aromatic carbocycles. The number of carbonyl (C=O) groups excluding carboxylic acids is 1. The summed E-state index contributed by atoms with van der Waals surface area (Å²) in [5.41, 5.74) is 13.5. The second-order valence-corrected chi connectivity index (χ2v) is 10.3. The third-order valence-electron chi connectivity index (χ3n) is 7.65. The number of rotatable bonds is 4. The van der Waals surface area contributed by atoms with Crippen molar-refractivity contribution in [2.24, 2.45) is 5.92 Å². The fraction of sp³-hybridized carbons (Fsp3) is 0.300. The Balaban J connectivity index is 1.54. The molecular formula is C30H33NO2. The van der Waals surface area contributed by atoms with Gasteiger partial charge >= 0.3 is 5.97 Å². The summed E-state index contributed by atoms with van der Waals surface area (Å²) in [6, 6.07) is 21.2. The summed E-state index contributed by atoms with van der Waals surface area (Å²) in [6.07, 6.45) is 2.16. The maximum absolute atomic E-state index is 12.4. The van der Waals surface area contributed by atoms with E-state index in [0.29, 0.717) is 22.9 Å². The lowest BCUT2D eigenvalue weighted by Gasteiger charge is -2.32. The Morgan fingerprint density at radius 3 is 2.06 bits per heavy atom. The van der Waals surface area contributed by atoms with Crippen LogP contribution in [0, 0.1) is 5.92 Å². The number of fused-ring (bicyclic) bond motifs is 1. The number of hydrogen-bond donors (Lipinski definition) is 1. The van der Waals surface area contributed by atoms with Crippen molar-refractivity contribution in [3.05, 3.63) is 94.5 Å². The molecule has 2 N–H and O–H groups in total. The Morgan fingerprint density at radius 2 is 1.42 bits per heavy atom. The topological polar surface area (TPSA) is 52.3 Å². The molecule has 0 radical (unpaired) electrons. The predicted octanol–water partition coefficient (Wildman–Crippen LogP) is 7.25. The van der Waals surface area contributed by atoms with Crippen molar-refractivity contribution < 1.29 is 9.53 Å². The van der Waals surface area contributed by atoms with Crippen LogP contribution in [0.4, 0.5) is 5.69 Å². The number of hydrogen-bond acceptors (Lipinski definition) is 3. The molecule has 33 heavy (non-hydrogen) atoms. The molecule has 0 amide bonds. The fourth-order valence-electron chi connectivity index (χ4n) is 5.00. The van der Waals surface area contributed by atoms with Crippen molar-refractivity contribution in [2.75, 3.05) is 5.73 Å². The van der Waals surface area contributed by atoms with Gasteiger partial charge in [0.05, 0.1) is 5.56 Å². The minimum Gasteiger partial charge on any atom is -0.423 e. The average Bonchev–Trinajstić information content (AvgIpc) is 2.92. The van der Waals surface area contributed by atoms with E-state index in [4.69, 9.17) is 10.5 Å². The molecule has 3 nitrogen and oxygen atoms in total. The van der Waals surface area contributed by atoms with Crippen molar-refractivity contribution in [1.82, 2.24) is 0 Å². The summed E-state index contributed by atoms with van der Waals surface area (Å²) in [7, 11) is 0. The SMILES string of the molecule is CC(=Cc1ccc(C(=O)Oc2ccc(N)cc2)cc1)c1ccc2c(c1)C(C)(C)C(C)C2(C)C. The molecule has 0 spiro atoms. The minimum atomic E-state index is -0.385. The van der Waals surface area contributed by atoms with Gasteiger partial charge in [0.15, 0.2) is 0 Å². The van der Waals surface area contributed by atoms with E-state index in [0.717, 1.165) is 5.56 Å². The highest BCUT2D eigenvalue weighted by molar-refractivity contribution is 5.91. The maximum atomic E-state index is 12.4. The summed E-state index contributed by atoms with van der Waals surface area (Å²) in [5, 5.41) is 0. The van der Waals surface area contributed by atoms with Gasteiger partial charge in [-0.05, 0) is 87.9 Å². The summed E-state index contributed by atoms with van der Waals surface area (Å²) >= 11 is 0. The highest BCUT2D eigenvalue weighted by Crippen LogP contribution is 2.53. The van der Waals surface area contributed by atoms with Crippen LogP contribution in [0.1, 0.15) is 74.2 Å². The maximum Gasteiger partial charge on any atom is 0.343 e. The number of nitrogen functional groups attached to an aromatic ring is 1. The van der Waals surface area contributed by atoms with Crippen LogP contribution in [-0.4, -0.2) is 5.97 Å². The number of benzene rings is 3. The molecule has 3 heteroatoms. The molecule has 1 aliphatic carbocycles. The van der Waals surface area contributed by atoms with E-state index >= 15 is 0 Å². The Bertz CT molecular complexity index is 1220. The van der Waals surface area contributed by atoms with Crippen LogP contribution in [0.5, 0.6) is 5.75 Å². The standard InChI is InChI=1S/C30H33NO2/c1-19(23-11-16-26-27(18-23)30(5,6)20(2)29(26,3)4)17-21-7-9-22(10-8-21)28(32)33-25-14-12-24(31)13-15-25/h7-18,20H,31H2,1-6H3. The molecule has 0 saturated heterocycles. The Labute approximate surface area is 197 Å². The lowest BCUT2D eigenvalue weighted by Crippen LogP contribution is -2.30. The smallest absolute Gasteiger partial charge is 0.343 e. The van der Waals surface area contributed by atoms with Crippen LogP contribution in [0.2, 0.25) is 0 Å². The largest absolute Gasteiger partial charge is 0.423 e. The van der Waals surface area contributed by atoms with Crippen LogP contribution in [0.3, 0.4) is 0 Å². The third-order valence-corrected chi connectivity index (χ3v) is 7.65. The molecule has 0 bridgehead atoms. The van der Waals surface area contributed by atoms with Crippen molar-refractivity contribution in [2.45, 2.75) is 52.4 Å². The van der Waals surface area contributed by atoms with E-state index in [-0.39, 0.29) is 16.8 Å². The quantitative estimate of drug-likeness (QED) is 0.201. The molecule has 1 atom stereocenters. The molecule has 0 heterocycles. The summed E-state index contributed by atoms with van der Waals surface area (Å²) < 4.78 is 5.42. The molecule has 0 aromatic heterocycles. The normalized spacial score (nSPS) is 18.6. The van der Waals surface area contributed by atoms with Gasteiger partial charge in [-0.25, -0.2) is 4.79 Å². The molecule has 1 unspecified atom stereocenters. The van der Waals surface area contributed by atoms with E-state index < -0.39 is 0 Å². The van der Waals surface area contributed by atoms with Gasteiger partial charge in [0.1, 0.15) is 5.75 Å². The van der Waals surface area contributed by atoms with Crippen LogP contribution < -0.4 is 10.5 Å². The first kappa shape index (κ1) is 22.8. The zero-order valence-corrected chi connectivity index (χ0v) is 20.4. The molecule has 170 valence electrons. The summed E-state index contributed by atoms with van der Waals surface area (Å²) in [4.78, 5) is 12.4. The lowest BCUT2D eigenvalue weighted by atomic mass is 9.71. The fourth-order valence-corrected chi connectivity index (χ4v) is 5.00. The second kappa shape index (κ2) is 8.22. The van der Waals surface area contributed by atoms with Crippen LogP contribution in [0.15, 0.2) is 66.7 Å². The number of allylic oxidation sites excluding steroid dienone is 1. The molecule has 0 saturated carbocycles. The van der Waals surface area contributed by atoms with Gasteiger partial charge in [0, 0.05) is 5.69 Å². The molecule has 0 fully saturated rings. The molecular weight excluding hydrogens is 406 g/mol. The van der Waals surface area contributed by atoms with Gasteiger partial charge in [0.25, 0.3) is 0 Å². The van der Waals surface area contributed by atoms with Crippen molar-refractivity contribution in [3.8, 4) is 5.75 Å². The number of nitrogens with two attached hydrogens (primary N) is 1. The Kier molecular flexibility index (Phi) is 5.69. The van der Waals surface area contributed by atoms with E-state index in [2.05, 4.69) is 65.8 Å².